The Morgan fingerprint density at radius 3 is 2.55 bits per heavy atom. The number of primary sulfonamides is 1. The number of hydrogen-bond acceptors (Lipinski definition) is 3. The summed E-state index contributed by atoms with van der Waals surface area (Å²) in [4.78, 5) is 13.1. The number of unbranched alkanes of at least 4 members (excludes halogenated alkanes) is 1. The number of carbonyl (C=O) groups excluding carboxylic acids is 1. The number of benzene rings is 1. The van der Waals surface area contributed by atoms with E-state index in [1.54, 1.807) is 7.05 Å². The number of nitrogens with zero attached hydrogens (tertiary/aromatic N) is 1. The summed E-state index contributed by atoms with van der Waals surface area (Å²) in [6.07, 6.45) is 1.72. The largest absolute Gasteiger partial charge is 0.342 e. The van der Waals surface area contributed by atoms with Gasteiger partial charge in [-0.25, -0.2) is 17.9 Å². The molecule has 0 aliphatic carbocycles. The summed E-state index contributed by atoms with van der Waals surface area (Å²) < 4.78 is 36.2. The number of hydrogen-bond donors (Lipinski definition) is 1. The average Bonchev–Trinajstić information content (AvgIpc) is 2.36. The van der Waals surface area contributed by atoms with Crippen LogP contribution in [-0.2, 0) is 10.0 Å². The summed E-state index contributed by atoms with van der Waals surface area (Å²) in [6.45, 7) is 2.49. The number of halogens is 2. The van der Waals surface area contributed by atoms with Crippen LogP contribution in [0, 0.1) is 5.82 Å². The molecule has 0 spiro atoms. The highest BCUT2D eigenvalue weighted by atomic mass is 79.9. The lowest BCUT2D eigenvalue weighted by molar-refractivity contribution is 0.0792. The fraction of sp³-hybridized carbons (Fsp3) is 0.417. The van der Waals surface area contributed by atoms with Crippen LogP contribution in [0.15, 0.2) is 21.5 Å². The predicted molar refractivity (Wildman–Crippen MR) is 77.3 cm³/mol. The molecule has 0 saturated carbocycles. The molecule has 1 rings (SSSR count). The van der Waals surface area contributed by atoms with Crippen LogP contribution in [0.5, 0.6) is 0 Å². The van der Waals surface area contributed by atoms with E-state index in [0.29, 0.717) is 6.54 Å². The molecular weight excluding hydrogens is 351 g/mol. The summed E-state index contributed by atoms with van der Waals surface area (Å²) in [7, 11) is -2.53. The third-order valence-electron chi connectivity index (χ3n) is 2.74. The zero-order valence-corrected chi connectivity index (χ0v) is 13.6. The molecule has 1 amide bonds. The van der Waals surface area contributed by atoms with Gasteiger partial charge < -0.3 is 4.90 Å². The van der Waals surface area contributed by atoms with E-state index in [-0.39, 0.29) is 10.0 Å². The number of sulfonamides is 1. The molecule has 0 saturated heterocycles. The normalized spacial score (nSPS) is 11.4. The Balaban J connectivity index is 3.21. The number of nitrogens with two attached hydrogens (primary N) is 1. The van der Waals surface area contributed by atoms with Crippen molar-refractivity contribution in [3.05, 3.63) is 28.0 Å². The Morgan fingerprint density at radius 2 is 2.05 bits per heavy atom. The van der Waals surface area contributed by atoms with Gasteiger partial charge >= 0.3 is 0 Å². The van der Waals surface area contributed by atoms with Crippen LogP contribution < -0.4 is 5.14 Å². The van der Waals surface area contributed by atoms with Gasteiger partial charge in [0.2, 0.25) is 10.0 Å². The summed E-state index contributed by atoms with van der Waals surface area (Å²) in [5.74, 6) is -1.29. The van der Waals surface area contributed by atoms with Crippen molar-refractivity contribution in [1.29, 1.82) is 0 Å². The second kappa shape index (κ2) is 6.64. The van der Waals surface area contributed by atoms with Gasteiger partial charge in [-0.3, -0.25) is 4.79 Å². The zero-order chi connectivity index (χ0) is 15.5. The third kappa shape index (κ3) is 4.00. The number of rotatable bonds is 5. The summed E-state index contributed by atoms with van der Waals surface area (Å²) >= 11 is 2.82. The number of amides is 1. The molecule has 0 aromatic heterocycles. The fourth-order valence-corrected chi connectivity index (χ4v) is 3.16. The zero-order valence-electron chi connectivity index (χ0n) is 11.2. The Kier molecular flexibility index (Phi) is 5.67. The minimum Gasteiger partial charge on any atom is -0.342 e. The van der Waals surface area contributed by atoms with Crippen molar-refractivity contribution in [3.8, 4) is 0 Å². The van der Waals surface area contributed by atoms with Gasteiger partial charge in [0, 0.05) is 19.2 Å². The van der Waals surface area contributed by atoms with Crippen LogP contribution in [-0.4, -0.2) is 32.8 Å². The van der Waals surface area contributed by atoms with Crippen LogP contribution in [0.3, 0.4) is 0 Å². The standard InChI is InChI=1S/C12H16BrFN2O3S/c1-3-4-5-16(2)12(17)8-6-9(14)11(13)10(7-8)20(15,18)19/h6-7H,3-5H2,1-2H3,(H2,15,18,19). The van der Waals surface area contributed by atoms with Gasteiger partial charge in [-0.05, 0) is 34.5 Å². The van der Waals surface area contributed by atoms with Crippen molar-refractivity contribution in [3.63, 3.8) is 0 Å². The first-order chi connectivity index (χ1) is 9.18. The van der Waals surface area contributed by atoms with Crippen molar-refractivity contribution >= 4 is 31.9 Å². The van der Waals surface area contributed by atoms with Crippen molar-refractivity contribution in [2.75, 3.05) is 13.6 Å². The van der Waals surface area contributed by atoms with Gasteiger partial charge in [-0.1, -0.05) is 13.3 Å². The van der Waals surface area contributed by atoms with Crippen LogP contribution in [0.25, 0.3) is 0 Å². The lowest BCUT2D eigenvalue weighted by Gasteiger charge is -2.17. The Labute approximate surface area is 126 Å². The fourth-order valence-electron chi connectivity index (χ4n) is 1.61. The molecule has 5 nitrogen and oxygen atoms in total. The minimum absolute atomic E-state index is 0.0478. The van der Waals surface area contributed by atoms with Gasteiger partial charge in [0.05, 0.1) is 9.37 Å². The molecular formula is C12H16BrFN2O3S. The quantitative estimate of drug-likeness (QED) is 0.866. The monoisotopic (exact) mass is 366 g/mol. The van der Waals surface area contributed by atoms with E-state index in [2.05, 4.69) is 15.9 Å². The molecule has 0 fully saturated rings. The third-order valence-corrected chi connectivity index (χ3v) is 4.75. The lowest BCUT2D eigenvalue weighted by Crippen LogP contribution is -2.28. The lowest BCUT2D eigenvalue weighted by atomic mass is 10.2. The average molecular weight is 367 g/mol. The van der Waals surface area contributed by atoms with Gasteiger partial charge in [-0.2, -0.15) is 0 Å². The van der Waals surface area contributed by atoms with Crippen LogP contribution >= 0.6 is 15.9 Å². The van der Waals surface area contributed by atoms with Crippen molar-refractivity contribution < 1.29 is 17.6 Å². The Bertz CT molecular complexity index is 619. The molecule has 2 N–H and O–H groups in total. The van der Waals surface area contributed by atoms with E-state index < -0.39 is 26.6 Å². The highest BCUT2D eigenvalue weighted by Gasteiger charge is 2.21. The highest BCUT2D eigenvalue weighted by Crippen LogP contribution is 2.26. The van der Waals surface area contributed by atoms with E-state index in [0.717, 1.165) is 25.0 Å². The van der Waals surface area contributed by atoms with Gasteiger partial charge in [-0.15, -0.1) is 0 Å². The first-order valence-electron chi connectivity index (χ1n) is 5.95. The molecule has 1 aromatic rings. The second-order valence-corrected chi connectivity index (χ2v) is 6.72. The van der Waals surface area contributed by atoms with Crippen LogP contribution in [0.2, 0.25) is 0 Å². The molecule has 0 atom stereocenters. The maximum atomic E-state index is 13.7. The first kappa shape index (κ1) is 17.1. The van der Waals surface area contributed by atoms with E-state index in [1.165, 1.54) is 4.90 Å². The molecule has 8 heteroatoms. The predicted octanol–water partition coefficient (Wildman–Crippen LogP) is 2.11. The van der Waals surface area contributed by atoms with E-state index in [4.69, 9.17) is 5.14 Å². The van der Waals surface area contributed by atoms with Gasteiger partial charge in [0.1, 0.15) is 5.82 Å². The second-order valence-electron chi connectivity index (χ2n) is 4.40. The van der Waals surface area contributed by atoms with Crippen molar-refractivity contribution in [1.82, 2.24) is 4.90 Å². The first-order valence-corrected chi connectivity index (χ1v) is 8.29. The van der Waals surface area contributed by atoms with Gasteiger partial charge in [0.15, 0.2) is 0 Å². The van der Waals surface area contributed by atoms with Crippen LogP contribution in [0.1, 0.15) is 30.1 Å². The van der Waals surface area contributed by atoms with Crippen molar-refractivity contribution in [2.45, 2.75) is 24.7 Å². The number of carbonyl (C=O) groups is 1. The molecule has 0 bridgehead atoms. The molecule has 0 radical (unpaired) electrons. The summed E-state index contributed by atoms with van der Waals surface area (Å²) in [6, 6.07) is 2.07. The van der Waals surface area contributed by atoms with Gasteiger partial charge in [0.25, 0.3) is 5.91 Å². The molecule has 20 heavy (non-hydrogen) atoms. The maximum Gasteiger partial charge on any atom is 0.253 e. The smallest absolute Gasteiger partial charge is 0.253 e. The summed E-state index contributed by atoms with van der Waals surface area (Å²) in [5.41, 5.74) is -0.0478. The van der Waals surface area contributed by atoms with E-state index in [9.17, 15) is 17.6 Å². The molecule has 0 aliphatic heterocycles. The Hall–Kier alpha value is -0.990. The minimum atomic E-state index is -4.11. The molecule has 1 aromatic carbocycles. The summed E-state index contributed by atoms with van der Waals surface area (Å²) in [5, 5.41) is 5.00. The van der Waals surface area contributed by atoms with Crippen LogP contribution in [0.4, 0.5) is 4.39 Å². The highest BCUT2D eigenvalue weighted by molar-refractivity contribution is 9.10. The maximum absolute atomic E-state index is 13.7. The van der Waals surface area contributed by atoms with E-state index in [1.807, 2.05) is 6.92 Å². The molecule has 0 aliphatic rings. The Morgan fingerprint density at radius 1 is 1.45 bits per heavy atom. The molecule has 112 valence electrons. The molecule has 0 unspecified atom stereocenters. The molecule has 0 heterocycles. The van der Waals surface area contributed by atoms with E-state index >= 15 is 0 Å². The van der Waals surface area contributed by atoms with Crippen molar-refractivity contribution in [2.24, 2.45) is 5.14 Å². The topological polar surface area (TPSA) is 80.5 Å². The SMILES string of the molecule is CCCCN(C)C(=O)c1cc(F)c(Br)c(S(N)(=O)=O)c1.